The molecule has 0 aliphatic heterocycles. The number of ketones is 1. The number of benzene rings is 1. The zero-order valence-corrected chi connectivity index (χ0v) is 11.6. The molecule has 0 heterocycles. The van der Waals surface area contributed by atoms with Crippen LogP contribution in [0, 0.1) is 10.1 Å². The number of nitro benzene ring substituents is 1. The molecular formula is C13H15N3O5. The Morgan fingerprint density at radius 2 is 1.95 bits per heavy atom. The molecule has 0 unspecified atom stereocenters. The highest BCUT2D eigenvalue weighted by atomic mass is 16.6. The number of carbonyl (C=O) groups excluding carboxylic acids is 3. The molecule has 8 heteroatoms. The minimum Gasteiger partial charge on any atom is -0.338 e. The van der Waals surface area contributed by atoms with Crippen molar-refractivity contribution in [3.8, 4) is 0 Å². The summed E-state index contributed by atoms with van der Waals surface area (Å²) in [6.45, 7) is 3.35. The molecule has 21 heavy (non-hydrogen) atoms. The molecule has 2 N–H and O–H groups in total. The van der Waals surface area contributed by atoms with Crippen LogP contribution in [0.3, 0.4) is 0 Å². The Kier molecular flexibility index (Phi) is 5.53. The summed E-state index contributed by atoms with van der Waals surface area (Å²) in [5.41, 5.74) is -0.129. The Morgan fingerprint density at radius 1 is 1.29 bits per heavy atom. The number of Topliss-reactive ketones (excluding diaryl/α,β-unsaturated/α-hetero) is 1. The zero-order chi connectivity index (χ0) is 16.0. The van der Waals surface area contributed by atoms with Crippen LogP contribution in [0.1, 0.15) is 29.8 Å². The van der Waals surface area contributed by atoms with Gasteiger partial charge in [0.05, 0.1) is 4.92 Å². The van der Waals surface area contributed by atoms with Gasteiger partial charge in [-0.25, -0.2) is 4.79 Å². The first-order valence-corrected chi connectivity index (χ1v) is 6.21. The molecule has 1 rings (SSSR count). The van der Waals surface area contributed by atoms with E-state index < -0.39 is 16.9 Å². The van der Waals surface area contributed by atoms with Crippen LogP contribution in [0.5, 0.6) is 0 Å². The fraction of sp³-hybridized carbons (Fsp3) is 0.308. The first-order valence-electron chi connectivity index (χ1n) is 6.21. The van der Waals surface area contributed by atoms with Gasteiger partial charge in [-0.15, -0.1) is 0 Å². The van der Waals surface area contributed by atoms with Gasteiger partial charge in [-0.2, -0.15) is 0 Å². The number of imide groups is 1. The maximum absolute atomic E-state index is 11.8. The van der Waals surface area contributed by atoms with Crippen LogP contribution >= 0.6 is 0 Å². The summed E-state index contributed by atoms with van der Waals surface area (Å²) in [7, 11) is 0. The number of nitrogens with zero attached hydrogens (tertiary/aromatic N) is 1. The molecule has 0 aliphatic rings. The van der Waals surface area contributed by atoms with Crippen molar-refractivity contribution in [2.45, 2.75) is 20.3 Å². The van der Waals surface area contributed by atoms with Gasteiger partial charge in [0.25, 0.3) is 11.6 Å². The van der Waals surface area contributed by atoms with Gasteiger partial charge in [0.2, 0.25) is 0 Å². The topological polar surface area (TPSA) is 118 Å². The SMILES string of the molecule is CCNC(=O)NC(=O)c1ccc(CC(C)=O)c([N+](=O)[O-])c1. The van der Waals surface area contributed by atoms with E-state index in [1.54, 1.807) is 6.92 Å². The summed E-state index contributed by atoms with van der Waals surface area (Å²) in [6, 6.07) is 3.04. The summed E-state index contributed by atoms with van der Waals surface area (Å²) in [4.78, 5) is 44.4. The van der Waals surface area contributed by atoms with Crippen molar-refractivity contribution in [2.75, 3.05) is 6.54 Å². The average molecular weight is 293 g/mol. The van der Waals surface area contributed by atoms with Crippen LogP contribution in [0.25, 0.3) is 0 Å². The van der Waals surface area contributed by atoms with Crippen molar-refractivity contribution in [2.24, 2.45) is 0 Å². The van der Waals surface area contributed by atoms with E-state index in [9.17, 15) is 24.5 Å². The number of hydrogen-bond acceptors (Lipinski definition) is 5. The van der Waals surface area contributed by atoms with Gasteiger partial charge in [0.1, 0.15) is 5.78 Å². The summed E-state index contributed by atoms with van der Waals surface area (Å²) >= 11 is 0. The molecule has 0 saturated carbocycles. The van der Waals surface area contributed by atoms with E-state index in [4.69, 9.17) is 0 Å². The molecule has 8 nitrogen and oxygen atoms in total. The lowest BCUT2D eigenvalue weighted by molar-refractivity contribution is -0.385. The molecular weight excluding hydrogens is 278 g/mol. The van der Waals surface area contributed by atoms with E-state index in [-0.39, 0.29) is 29.0 Å². The summed E-state index contributed by atoms with van der Waals surface area (Å²) < 4.78 is 0. The second-order valence-electron chi connectivity index (χ2n) is 4.29. The van der Waals surface area contributed by atoms with Crippen molar-refractivity contribution in [3.05, 3.63) is 39.4 Å². The maximum Gasteiger partial charge on any atom is 0.321 e. The number of nitro groups is 1. The number of hydrogen-bond donors (Lipinski definition) is 2. The van der Waals surface area contributed by atoms with Crippen molar-refractivity contribution in [3.63, 3.8) is 0 Å². The van der Waals surface area contributed by atoms with E-state index in [1.165, 1.54) is 19.1 Å². The Balaban J connectivity index is 3.02. The number of rotatable bonds is 5. The molecule has 1 aromatic carbocycles. The monoisotopic (exact) mass is 293 g/mol. The molecule has 0 spiro atoms. The predicted octanol–water partition coefficient (Wildman–Crippen LogP) is 1.19. The van der Waals surface area contributed by atoms with E-state index >= 15 is 0 Å². The molecule has 0 aliphatic carbocycles. The number of urea groups is 1. The fourth-order valence-corrected chi connectivity index (χ4v) is 1.67. The van der Waals surface area contributed by atoms with Crippen LogP contribution in [0.15, 0.2) is 18.2 Å². The Bertz CT molecular complexity index is 597. The van der Waals surface area contributed by atoms with Crippen molar-refractivity contribution in [1.29, 1.82) is 0 Å². The first kappa shape index (κ1) is 16.3. The maximum atomic E-state index is 11.8. The summed E-state index contributed by atoms with van der Waals surface area (Å²) in [6.07, 6.45) is -0.0888. The van der Waals surface area contributed by atoms with Crippen LogP contribution in [-0.4, -0.2) is 29.2 Å². The molecule has 3 amide bonds. The van der Waals surface area contributed by atoms with E-state index in [1.807, 2.05) is 5.32 Å². The molecule has 0 fully saturated rings. The van der Waals surface area contributed by atoms with Crippen LogP contribution in [0.2, 0.25) is 0 Å². The van der Waals surface area contributed by atoms with Gasteiger partial charge < -0.3 is 5.32 Å². The van der Waals surface area contributed by atoms with Crippen LogP contribution in [0.4, 0.5) is 10.5 Å². The minimum atomic E-state index is -0.751. The van der Waals surface area contributed by atoms with Gasteiger partial charge in [-0.1, -0.05) is 6.07 Å². The highest BCUT2D eigenvalue weighted by molar-refractivity contribution is 6.04. The lowest BCUT2D eigenvalue weighted by atomic mass is 10.0. The van der Waals surface area contributed by atoms with Gasteiger partial charge >= 0.3 is 6.03 Å². The van der Waals surface area contributed by atoms with Crippen molar-refractivity contribution >= 4 is 23.4 Å². The number of carbonyl (C=O) groups is 3. The molecule has 0 aromatic heterocycles. The lowest BCUT2D eigenvalue weighted by Crippen LogP contribution is -2.39. The van der Waals surface area contributed by atoms with Gasteiger partial charge in [0, 0.05) is 30.2 Å². The highest BCUT2D eigenvalue weighted by Gasteiger charge is 2.19. The second-order valence-corrected chi connectivity index (χ2v) is 4.29. The Hall–Kier alpha value is -2.77. The third-order valence-corrected chi connectivity index (χ3v) is 2.55. The van der Waals surface area contributed by atoms with Crippen LogP contribution in [-0.2, 0) is 11.2 Å². The zero-order valence-electron chi connectivity index (χ0n) is 11.6. The average Bonchev–Trinajstić information content (AvgIpc) is 2.38. The normalized spacial score (nSPS) is 9.81. The predicted molar refractivity (Wildman–Crippen MR) is 74.0 cm³/mol. The molecule has 1 aromatic rings. The molecule has 112 valence electrons. The first-order chi connectivity index (χ1) is 9.85. The Morgan fingerprint density at radius 3 is 2.48 bits per heavy atom. The van der Waals surface area contributed by atoms with E-state index in [0.717, 1.165) is 6.07 Å². The number of amides is 3. The third-order valence-electron chi connectivity index (χ3n) is 2.55. The smallest absolute Gasteiger partial charge is 0.321 e. The quantitative estimate of drug-likeness (QED) is 0.624. The molecule has 0 bridgehead atoms. The number of nitrogens with one attached hydrogen (secondary N) is 2. The Labute approximate surface area is 120 Å². The summed E-state index contributed by atoms with van der Waals surface area (Å²) in [5.74, 6) is -0.976. The van der Waals surface area contributed by atoms with E-state index in [0.29, 0.717) is 6.54 Å². The standard InChI is InChI=1S/C13H15N3O5/c1-3-14-13(19)15-12(18)10-5-4-9(6-8(2)17)11(7-10)16(20)21/h4-5,7H,3,6H2,1-2H3,(H2,14,15,18,19). The third kappa shape index (κ3) is 4.68. The van der Waals surface area contributed by atoms with Gasteiger partial charge in [-0.3, -0.25) is 25.0 Å². The van der Waals surface area contributed by atoms with Gasteiger partial charge in [0.15, 0.2) is 0 Å². The van der Waals surface area contributed by atoms with Gasteiger partial charge in [-0.05, 0) is 19.9 Å². The molecule has 0 saturated heterocycles. The fourth-order valence-electron chi connectivity index (χ4n) is 1.67. The largest absolute Gasteiger partial charge is 0.338 e. The van der Waals surface area contributed by atoms with Crippen molar-refractivity contribution in [1.82, 2.24) is 10.6 Å². The summed E-state index contributed by atoms with van der Waals surface area (Å²) in [5, 5.41) is 15.4. The second kappa shape index (κ2) is 7.13. The van der Waals surface area contributed by atoms with Crippen LogP contribution < -0.4 is 10.6 Å². The molecule has 0 radical (unpaired) electrons. The van der Waals surface area contributed by atoms with Crippen molar-refractivity contribution < 1.29 is 19.3 Å². The lowest BCUT2D eigenvalue weighted by Gasteiger charge is -2.06. The highest BCUT2D eigenvalue weighted by Crippen LogP contribution is 2.21. The molecule has 0 atom stereocenters. The van der Waals surface area contributed by atoms with E-state index in [2.05, 4.69) is 5.32 Å². The minimum absolute atomic E-state index is 0.0275.